The number of fused-ring (bicyclic) bond motifs is 1. The van der Waals surface area contributed by atoms with Gasteiger partial charge in [0.15, 0.2) is 5.43 Å². The van der Waals surface area contributed by atoms with E-state index in [0.717, 1.165) is 5.56 Å². The lowest BCUT2D eigenvalue weighted by molar-refractivity contribution is 0.415. The average Bonchev–Trinajstić information content (AvgIpc) is 2.74. The van der Waals surface area contributed by atoms with E-state index in [2.05, 4.69) is 9.71 Å². The molecule has 0 fully saturated rings. The summed E-state index contributed by atoms with van der Waals surface area (Å²) in [5.41, 5.74) is 2.19. The van der Waals surface area contributed by atoms with Crippen molar-refractivity contribution in [1.82, 2.24) is 4.98 Å². The zero-order valence-electron chi connectivity index (χ0n) is 15.5. The minimum Gasteiger partial charge on any atom is -0.497 e. The SMILES string of the molecule is COc1cccc(-c2cc(=O)c3cc(NS(=O)(=O)c4ccccc4)ccc3[nH]2)c1. The molecule has 0 unspecified atom stereocenters. The first-order valence-corrected chi connectivity index (χ1v) is 10.3. The lowest BCUT2D eigenvalue weighted by Crippen LogP contribution is -2.13. The fourth-order valence-corrected chi connectivity index (χ4v) is 4.14. The minimum absolute atomic E-state index is 0.155. The zero-order chi connectivity index (χ0) is 20.4. The molecule has 0 aliphatic carbocycles. The molecule has 0 amide bonds. The van der Waals surface area contributed by atoms with E-state index < -0.39 is 10.0 Å². The number of methoxy groups -OCH3 is 1. The molecule has 1 heterocycles. The van der Waals surface area contributed by atoms with Crippen molar-refractivity contribution >= 4 is 26.6 Å². The van der Waals surface area contributed by atoms with E-state index in [0.29, 0.717) is 28.0 Å². The summed E-state index contributed by atoms with van der Waals surface area (Å²) in [6, 6.07) is 21.8. The minimum atomic E-state index is -3.73. The highest BCUT2D eigenvalue weighted by molar-refractivity contribution is 7.92. The number of ether oxygens (including phenoxy) is 1. The number of benzene rings is 3. The maximum Gasteiger partial charge on any atom is 0.261 e. The van der Waals surface area contributed by atoms with Gasteiger partial charge in [0, 0.05) is 33.9 Å². The Morgan fingerprint density at radius 2 is 1.69 bits per heavy atom. The van der Waals surface area contributed by atoms with Crippen LogP contribution in [0, 0.1) is 0 Å². The molecule has 1 aromatic heterocycles. The lowest BCUT2D eigenvalue weighted by atomic mass is 10.1. The molecule has 0 bridgehead atoms. The number of pyridine rings is 1. The van der Waals surface area contributed by atoms with Gasteiger partial charge < -0.3 is 9.72 Å². The van der Waals surface area contributed by atoms with Gasteiger partial charge in [-0.15, -0.1) is 0 Å². The molecule has 29 heavy (non-hydrogen) atoms. The number of hydrogen-bond donors (Lipinski definition) is 2. The number of aromatic amines is 1. The third-order valence-electron chi connectivity index (χ3n) is 4.52. The highest BCUT2D eigenvalue weighted by Gasteiger charge is 2.14. The Morgan fingerprint density at radius 3 is 2.45 bits per heavy atom. The molecule has 3 aromatic carbocycles. The number of hydrogen-bond acceptors (Lipinski definition) is 4. The number of H-pyrrole nitrogens is 1. The second-order valence-electron chi connectivity index (χ2n) is 6.46. The number of aromatic nitrogens is 1. The van der Waals surface area contributed by atoms with E-state index in [-0.39, 0.29) is 10.3 Å². The van der Waals surface area contributed by atoms with Crippen LogP contribution >= 0.6 is 0 Å². The molecule has 4 rings (SSSR count). The summed E-state index contributed by atoms with van der Waals surface area (Å²) in [5, 5.41) is 0.393. The van der Waals surface area contributed by atoms with Gasteiger partial charge in [0.25, 0.3) is 10.0 Å². The largest absolute Gasteiger partial charge is 0.497 e. The van der Waals surface area contributed by atoms with Gasteiger partial charge >= 0.3 is 0 Å². The third kappa shape index (κ3) is 3.86. The van der Waals surface area contributed by atoms with Crippen LogP contribution in [0.1, 0.15) is 0 Å². The summed E-state index contributed by atoms with van der Waals surface area (Å²) in [6.07, 6.45) is 0. The molecule has 0 saturated heterocycles. The monoisotopic (exact) mass is 406 g/mol. The molecule has 7 heteroatoms. The zero-order valence-corrected chi connectivity index (χ0v) is 16.4. The molecule has 146 valence electrons. The summed E-state index contributed by atoms with van der Waals surface area (Å²) < 4.78 is 32.8. The van der Waals surface area contributed by atoms with Crippen LogP contribution in [0.25, 0.3) is 22.2 Å². The van der Waals surface area contributed by atoms with Gasteiger partial charge in [0.2, 0.25) is 0 Å². The maximum absolute atomic E-state index is 12.7. The highest BCUT2D eigenvalue weighted by Crippen LogP contribution is 2.24. The summed E-state index contributed by atoms with van der Waals surface area (Å²) in [7, 11) is -2.15. The van der Waals surface area contributed by atoms with Gasteiger partial charge in [-0.2, -0.15) is 0 Å². The Labute approximate surface area is 167 Å². The second kappa shape index (κ2) is 7.44. The van der Waals surface area contributed by atoms with Crippen molar-refractivity contribution in [2.75, 3.05) is 11.8 Å². The Hall–Kier alpha value is -3.58. The predicted molar refractivity (Wildman–Crippen MR) is 114 cm³/mol. The van der Waals surface area contributed by atoms with Crippen LogP contribution in [-0.2, 0) is 10.0 Å². The number of rotatable bonds is 5. The topological polar surface area (TPSA) is 88.3 Å². The van der Waals surface area contributed by atoms with E-state index in [1.165, 1.54) is 24.3 Å². The molecule has 0 spiro atoms. The van der Waals surface area contributed by atoms with Crippen molar-refractivity contribution in [2.45, 2.75) is 4.90 Å². The molecule has 0 aliphatic rings. The molecule has 0 atom stereocenters. The molecular formula is C22H18N2O4S. The number of anilines is 1. The molecular weight excluding hydrogens is 388 g/mol. The second-order valence-corrected chi connectivity index (χ2v) is 8.14. The van der Waals surface area contributed by atoms with Gasteiger partial charge in [0.05, 0.1) is 12.0 Å². The number of nitrogens with one attached hydrogen (secondary N) is 2. The van der Waals surface area contributed by atoms with Gasteiger partial charge in [-0.25, -0.2) is 8.42 Å². The standard InChI is InChI=1S/C22H18N2O4S/c1-28-17-7-5-6-15(12-17)21-14-22(25)19-13-16(10-11-20(19)23-21)24-29(26,27)18-8-3-2-4-9-18/h2-14,24H,1H3,(H,23,25). The van der Waals surface area contributed by atoms with Crippen molar-refractivity contribution in [2.24, 2.45) is 0 Å². The van der Waals surface area contributed by atoms with Crippen molar-refractivity contribution < 1.29 is 13.2 Å². The summed E-state index contributed by atoms with van der Waals surface area (Å²) >= 11 is 0. The van der Waals surface area contributed by atoms with Crippen LogP contribution in [0.4, 0.5) is 5.69 Å². The summed E-state index contributed by atoms with van der Waals surface area (Å²) in [6.45, 7) is 0. The van der Waals surface area contributed by atoms with E-state index in [4.69, 9.17) is 4.74 Å². The Bertz CT molecular complexity index is 1350. The van der Waals surface area contributed by atoms with Crippen LogP contribution in [-0.4, -0.2) is 20.5 Å². The van der Waals surface area contributed by atoms with Gasteiger partial charge in [-0.05, 0) is 42.5 Å². The van der Waals surface area contributed by atoms with Gasteiger partial charge in [-0.3, -0.25) is 9.52 Å². The van der Waals surface area contributed by atoms with Crippen LogP contribution in [0.3, 0.4) is 0 Å². The molecule has 0 aliphatic heterocycles. The van der Waals surface area contributed by atoms with E-state index in [9.17, 15) is 13.2 Å². The Morgan fingerprint density at radius 1 is 0.897 bits per heavy atom. The molecule has 6 nitrogen and oxygen atoms in total. The van der Waals surface area contributed by atoms with E-state index >= 15 is 0 Å². The van der Waals surface area contributed by atoms with Gasteiger partial charge in [-0.1, -0.05) is 30.3 Å². The van der Waals surface area contributed by atoms with Crippen molar-refractivity contribution in [3.8, 4) is 17.0 Å². The summed E-state index contributed by atoms with van der Waals surface area (Å²) in [4.78, 5) is 16.1. The van der Waals surface area contributed by atoms with Crippen LogP contribution in [0.5, 0.6) is 5.75 Å². The summed E-state index contributed by atoms with van der Waals surface area (Å²) in [5.74, 6) is 0.689. The predicted octanol–water partition coefficient (Wildman–Crippen LogP) is 4.00. The Balaban J connectivity index is 1.72. The Kier molecular flexibility index (Phi) is 4.82. The van der Waals surface area contributed by atoms with Crippen LogP contribution < -0.4 is 14.9 Å². The average molecular weight is 406 g/mol. The molecule has 4 aromatic rings. The first-order chi connectivity index (χ1) is 14.0. The first kappa shape index (κ1) is 18.8. The fourth-order valence-electron chi connectivity index (χ4n) is 3.07. The van der Waals surface area contributed by atoms with Crippen molar-refractivity contribution in [1.29, 1.82) is 0 Å². The first-order valence-electron chi connectivity index (χ1n) is 8.86. The highest BCUT2D eigenvalue weighted by atomic mass is 32.2. The van der Waals surface area contributed by atoms with Crippen LogP contribution in [0.2, 0.25) is 0 Å². The van der Waals surface area contributed by atoms with Crippen molar-refractivity contribution in [3.05, 3.63) is 89.1 Å². The van der Waals surface area contributed by atoms with Gasteiger partial charge in [0.1, 0.15) is 5.75 Å². The molecule has 2 N–H and O–H groups in total. The van der Waals surface area contributed by atoms with Crippen LogP contribution in [0.15, 0.2) is 88.6 Å². The van der Waals surface area contributed by atoms with E-state index in [1.54, 1.807) is 37.4 Å². The third-order valence-corrected chi connectivity index (χ3v) is 5.91. The van der Waals surface area contributed by atoms with Crippen molar-refractivity contribution in [3.63, 3.8) is 0 Å². The smallest absolute Gasteiger partial charge is 0.261 e. The fraction of sp³-hybridized carbons (Fsp3) is 0.0455. The molecule has 0 saturated carbocycles. The molecule has 0 radical (unpaired) electrons. The lowest BCUT2D eigenvalue weighted by Gasteiger charge is -2.10. The quantitative estimate of drug-likeness (QED) is 0.524. The number of sulfonamides is 1. The normalized spacial score (nSPS) is 11.3. The van der Waals surface area contributed by atoms with E-state index in [1.807, 2.05) is 24.3 Å². The maximum atomic E-state index is 12.7.